The van der Waals surface area contributed by atoms with Gasteiger partial charge in [-0.2, -0.15) is 5.10 Å². The maximum atomic E-state index is 5.33. The van der Waals surface area contributed by atoms with Crippen LogP contribution in [0.25, 0.3) is 5.52 Å². The van der Waals surface area contributed by atoms with E-state index in [0.717, 1.165) is 11.1 Å². The molecule has 0 bridgehead atoms. The fraction of sp³-hybridized carbons (Fsp3) is 0.125. The van der Waals surface area contributed by atoms with Crippen molar-refractivity contribution in [1.82, 2.24) is 20.0 Å². The smallest absolute Gasteiger partial charge is 0.146 e. The molecular formula is C8H10N6. The molecule has 2 rings (SSSR count). The Hall–Kier alpha value is -1.95. The van der Waals surface area contributed by atoms with Crippen molar-refractivity contribution in [2.45, 2.75) is 0 Å². The molecule has 0 atom stereocenters. The van der Waals surface area contributed by atoms with Crippen LogP contribution >= 0.6 is 0 Å². The Kier molecular flexibility index (Phi) is 2.11. The van der Waals surface area contributed by atoms with E-state index in [2.05, 4.69) is 20.5 Å². The fourth-order valence-corrected chi connectivity index (χ4v) is 1.28. The molecule has 6 nitrogen and oxygen atoms in total. The van der Waals surface area contributed by atoms with Gasteiger partial charge in [0.1, 0.15) is 5.84 Å². The van der Waals surface area contributed by atoms with Gasteiger partial charge in [0.15, 0.2) is 0 Å². The van der Waals surface area contributed by atoms with Gasteiger partial charge in [0.25, 0.3) is 0 Å². The van der Waals surface area contributed by atoms with E-state index in [1.54, 1.807) is 36.4 Å². The number of hydrazine groups is 1. The summed E-state index contributed by atoms with van der Waals surface area (Å²) >= 11 is 0. The Morgan fingerprint density at radius 3 is 3.14 bits per heavy atom. The van der Waals surface area contributed by atoms with Crippen LogP contribution in [0.4, 0.5) is 0 Å². The summed E-state index contributed by atoms with van der Waals surface area (Å²) in [6.07, 6.45) is 6.84. The van der Waals surface area contributed by atoms with E-state index in [1.807, 2.05) is 0 Å². The van der Waals surface area contributed by atoms with E-state index in [-0.39, 0.29) is 0 Å². The van der Waals surface area contributed by atoms with Crippen molar-refractivity contribution in [3.05, 3.63) is 30.4 Å². The highest BCUT2D eigenvalue weighted by atomic mass is 15.3. The van der Waals surface area contributed by atoms with Crippen LogP contribution in [-0.2, 0) is 0 Å². The van der Waals surface area contributed by atoms with Gasteiger partial charge >= 0.3 is 0 Å². The first-order valence-electron chi connectivity index (χ1n) is 4.08. The first-order valence-corrected chi connectivity index (χ1v) is 4.08. The van der Waals surface area contributed by atoms with Crippen molar-refractivity contribution < 1.29 is 0 Å². The molecular weight excluding hydrogens is 180 g/mol. The molecule has 14 heavy (non-hydrogen) atoms. The van der Waals surface area contributed by atoms with Crippen LogP contribution in [0, 0.1) is 0 Å². The summed E-state index contributed by atoms with van der Waals surface area (Å²) in [7, 11) is 1.66. The second-order valence-corrected chi connectivity index (χ2v) is 2.68. The first kappa shape index (κ1) is 8.64. The standard InChI is InChI=1S/C8H10N6/c1-10-8(13-9)6-4-12-14-3-2-11-5-7(6)14/h2-5H,9H2,1H3,(H,10,13). The summed E-state index contributed by atoms with van der Waals surface area (Å²) in [6.45, 7) is 0. The molecule has 0 amide bonds. The zero-order valence-electron chi connectivity index (χ0n) is 7.68. The molecule has 0 unspecified atom stereocenters. The van der Waals surface area contributed by atoms with Gasteiger partial charge in [-0.05, 0) is 0 Å². The number of rotatable bonds is 1. The minimum Gasteiger partial charge on any atom is -0.308 e. The Morgan fingerprint density at radius 2 is 2.43 bits per heavy atom. The lowest BCUT2D eigenvalue weighted by molar-refractivity contribution is 0.946. The number of nitrogens with zero attached hydrogens (tertiary/aromatic N) is 4. The molecule has 0 aliphatic carbocycles. The number of nitrogens with one attached hydrogen (secondary N) is 1. The van der Waals surface area contributed by atoms with Crippen LogP contribution < -0.4 is 11.3 Å². The van der Waals surface area contributed by atoms with Crippen molar-refractivity contribution >= 4 is 11.4 Å². The lowest BCUT2D eigenvalue weighted by atomic mass is 10.3. The lowest BCUT2D eigenvalue weighted by Crippen LogP contribution is -2.30. The molecule has 72 valence electrons. The Morgan fingerprint density at radius 1 is 1.57 bits per heavy atom. The predicted octanol–water partition coefficient (Wildman–Crippen LogP) is -0.431. The second-order valence-electron chi connectivity index (χ2n) is 2.68. The number of aliphatic imine (C=N–C) groups is 1. The number of aromatic nitrogens is 3. The lowest BCUT2D eigenvalue weighted by Gasteiger charge is -2.01. The summed E-state index contributed by atoms with van der Waals surface area (Å²) in [5, 5.41) is 4.14. The number of fused-ring (bicyclic) bond motifs is 1. The summed E-state index contributed by atoms with van der Waals surface area (Å²) in [5.74, 6) is 5.92. The number of nitrogens with two attached hydrogens (primary N) is 1. The SMILES string of the molecule is CN=C(NN)c1cnn2ccncc12. The second kappa shape index (κ2) is 3.43. The van der Waals surface area contributed by atoms with Gasteiger partial charge in [-0.15, -0.1) is 0 Å². The summed E-state index contributed by atoms with van der Waals surface area (Å²) in [4.78, 5) is 8.01. The molecule has 0 radical (unpaired) electrons. The van der Waals surface area contributed by atoms with Crippen LogP contribution in [0.5, 0.6) is 0 Å². The third-order valence-corrected chi connectivity index (χ3v) is 1.94. The van der Waals surface area contributed by atoms with Crippen LogP contribution in [0.3, 0.4) is 0 Å². The minimum atomic E-state index is 0.591. The van der Waals surface area contributed by atoms with Gasteiger partial charge in [-0.25, -0.2) is 10.4 Å². The molecule has 6 heteroatoms. The summed E-state index contributed by atoms with van der Waals surface area (Å²) in [6, 6.07) is 0. The van der Waals surface area contributed by atoms with Gasteiger partial charge < -0.3 is 5.43 Å². The van der Waals surface area contributed by atoms with Gasteiger partial charge in [0, 0.05) is 19.4 Å². The van der Waals surface area contributed by atoms with Crippen molar-refractivity contribution in [1.29, 1.82) is 0 Å². The van der Waals surface area contributed by atoms with E-state index in [1.165, 1.54) is 0 Å². The number of hydrogen-bond donors (Lipinski definition) is 2. The fourth-order valence-electron chi connectivity index (χ4n) is 1.28. The third kappa shape index (κ3) is 1.21. The van der Waals surface area contributed by atoms with E-state index < -0.39 is 0 Å². The Bertz CT molecular complexity index is 471. The molecule has 0 aromatic carbocycles. The average Bonchev–Trinajstić information content (AvgIpc) is 2.65. The van der Waals surface area contributed by atoms with E-state index in [0.29, 0.717) is 5.84 Å². The molecule has 0 aliphatic rings. The van der Waals surface area contributed by atoms with Gasteiger partial charge in [0.2, 0.25) is 0 Å². The molecule has 0 aliphatic heterocycles. The van der Waals surface area contributed by atoms with Crippen molar-refractivity contribution in [2.75, 3.05) is 7.05 Å². The zero-order valence-corrected chi connectivity index (χ0v) is 7.68. The molecule has 0 fully saturated rings. The molecule has 0 spiro atoms. The largest absolute Gasteiger partial charge is 0.308 e. The average molecular weight is 190 g/mol. The summed E-state index contributed by atoms with van der Waals surface area (Å²) < 4.78 is 1.71. The van der Waals surface area contributed by atoms with Gasteiger partial charge in [0.05, 0.1) is 23.5 Å². The first-order chi connectivity index (χ1) is 6.86. The van der Waals surface area contributed by atoms with Crippen molar-refractivity contribution in [3.63, 3.8) is 0 Å². The van der Waals surface area contributed by atoms with Crippen molar-refractivity contribution in [3.8, 4) is 0 Å². The quantitative estimate of drug-likeness (QED) is 0.277. The molecule has 2 aromatic rings. The molecule has 0 saturated carbocycles. The maximum absolute atomic E-state index is 5.33. The monoisotopic (exact) mass is 190 g/mol. The Labute approximate surface area is 80.4 Å². The highest BCUT2D eigenvalue weighted by Gasteiger charge is 2.08. The minimum absolute atomic E-state index is 0.591. The highest BCUT2D eigenvalue weighted by molar-refractivity contribution is 6.03. The van der Waals surface area contributed by atoms with Crippen molar-refractivity contribution in [2.24, 2.45) is 10.8 Å². The van der Waals surface area contributed by atoms with Crippen LogP contribution in [0.1, 0.15) is 5.56 Å². The predicted molar refractivity (Wildman–Crippen MR) is 52.8 cm³/mol. The van der Waals surface area contributed by atoms with E-state index in [4.69, 9.17) is 5.84 Å². The molecule has 0 saturated heterocycles. The Balaban J connectivity index is 2.63. The molecule has 3 N–H and O–H groups in total. The number of hydrogen-bond acceptors (Lipinski definition) is 4. The van der Waals surface area contributed by atoms with Crippen LogP contribution in [-0.4, -0.2) is 27.5 Å². The van der Waals surface area contributed by atoms with E-state index >= 15 is 0 Å². The zero-order chi connectivity index (χ0) is 9.97. The van der Waals surface area contributed by atoms with Crippen LogP contribution in [0.15, 0.2) is 29.8 Å². The molecule has 2 aromatic heterocycles. The maximum Gasteiger partial charge on any atom is 0.146 e. The third-order valence-electron chi connectivity index (χ3n) is 1.94. The molecule has 2 heterocycles. The summed E-state index contributed by atoms with van der Waals surface area (Å²) in [5.41, 5.74) is 4.22. The normalized spacial score (nSPS) is 12.0. The van der Waals surface area contributed by atoms with E-state index in [9.17, 15) is 0 Å². The highest BCUT2D eigenvalue weighted by Crippen LogP contribution is 2.08. The van der Waals surface area contributed by atoms with Gasteiger partial charge in [-0.3, -0.25) is 9.98 Å². The number of amidine groups is 1. The topological polar surface area (TPSA) is 80.6 Å². The van der Waals surface area contributed by atoms with Crippen LogP contribution in [0.2, 0.25) is 0 Å². The van der Waals surface area contributed by atoms with Gasteiger partial charge in [-0.1, -0.05) is 0 Å².